The van der Waals surface area contributed by atoms with Crippen LogP contribution >= 0.6 is 10.7 Å². The molecule has 0 saturated carbocycles. The normalized spacial score (nSPS) is 21.8. The zero-order valence-corrected chi connectivity index (χ0v) is 9.68. The molecule has 1 aromatic carbocycles. The first-order chi connectivity index (χ1) is 7.07. The summed E-state index contributed by atoms with van der Waals surface area (Å²) >= 11 is 0. The second kappa shape index (κ2) is 4.12. The van der Waals surface area contributed by atoms with Crippen molar-refractivity contribution >= 4 is 19.7 Å². The highest BCUT2D eigenvalue weighted by molar-refractivity contribution is 8.13. The average Bonchev–Trinajstić information content (AvgIpc) is 2.69. The number of benzene rings is 1. The van der Waals surface area contributed by atoms with Crippen LogP contribution in [0.3, 0.4) is 0 Å². The molecule has 1 N–H and O–H groups in total. The SMILES string of the molecule is O=S(=O)(Cl)c1cccc(C2CCCN2)c1. The summed E-state index contributed by atoms with van der Waals surface area (Å²) in [4.78, 5) is 0.176. The van der Waals surface area contributed by atoms with Crippen molar-refractivity contribution in [1.82, 2.24) is 5.32 Å². The Kier molecular flexibility index (Phi) is 3.00. The summed E-state index contributed by atoms with van der Waals surface area (Å²) in [6.07, 6.45) is 2.17. The molecule has 15 heavy (non-hydrogen) atoms. The Morgan fingerprint density at radius 2 is 2.20 bits per heavy atom. The molecule has 5 heteroatoms. The zero-order chi connectivity index (χ0) is 10.9. The van der Waals surface area contributed by atoms with Gasteiger partial charge in [-0.15, -0.1) is 0 Å². The summed E-state index contributed by atoms with van der Waals surface area (Å²) in [5.41, 5.74) is 0.995. The predicted octanol–water partition coefficient (Wildman–Crippen LogP) is 2.04. The van der Waals surface area contributed by atoms with Gasteiger partial charge in [0.2, 0.25) is 0 Å². The predicted molar refractivity (Wildman–Crippen MR) is 59.5 cm³/mol. The molecular formula is C10H12ClNO2S. The molecule has 1 unspecified atom stereocenters. The quantitative estimate of drug-likeness (QED) is 0.811. The smallest absolute Gasteiger partial charge is 0.261 e. The van der Waals surface area contributed by atoms with Gasteiger partial charge in [0.15, 0.2) is 0 Å². The van der Waals surface area contributed by atoms with Crippen LogP contribution in [0.2, 0.25) is 0 Å². The molecular weight excluding hydrogens is 234 g/mol. The van der Waals surface area contributed by atoms with Crippen LogP contribution in [0.1, 0.15) is 24.4 Å². The van der Waals surface area contributed by atoms with Crippen molar-refractivity contribution in [2.75, 3.05) is 6.54 Å². The molecule has 82 valence electrons. The molecule has 1 saturated heterocycles. The van der Waals surface area contributed by atoms with Gasteiger partial charge in [-0.2, -0.15) is 0 Å². The number of nitrogens with one attached hydrogen (secondary N) is 1. The van der Waals surface area contributed by atoms with E-state index in [1.54, 1.807) is 12.1 Å². The minimum absolute atomic E-state index is 0.176. The van der Waals surface area contributed by atoms with Crippen LogP contribution in [-0.2, 0) is 9.05 Å². The van der Waals surface area contributed by atoms with Crippen LogP contribution < -0.4 is 5.32 Å². The lowest BCUT2D eigenvalue weighted by atomic mass is 10.1. The van der Waals surface area contributed by atoms with E-state index < -0.39 is 9.05 Å². The van der Waals surface area contributed by atoms with E-state index >= 15 is 0 Å². The lowest BCUT2D eigenvalue weighted by molar-refractivity contribution is 0.608. The summed E-state index contributed by atoms with van der Waals surface area (Å²) in [6.45, 7) is 0.989. The second-order valence-corrected chi connectivity index (χ2v) is 6.23. The molecule has 0 aromatic heterocycles. The van der Waals surface area contributed by atoms with E-state index in [0.29, 0.717) is 0 Å². The van der Waals surface area contributed by atoms with E-state index in [1.807, 2.05) is 6.07 Å². The fraction of sp³-hybridized carbons (Fsp3) is 0.400. The average molecular weight is 246 g/mol. The van der Waals surface area contributed by atoms with E-state index in [0.717, 1.165) is 24.9 Å². The molecule has 3 nitrogen and oxygen atoms in total. The fourth-order valence-corrected chi connectivity index (χ4v) is 2.66. The highest BCUT2D eigenvalue weighted by atomic mass is 35.7. The molecule has 0 bridgehead atoms. The third-order valence-corrected chi connectivity index (χ3v) is 3.95. The Bertz CT molecular complexity index is 452. The van der Waals surface area contributed by atoms with Crippen molar-refractivity contribution < 1.29 is 8.42 Å². The molecule has 1 heterocycles. The van der Waals surface area contributed by atoms with E-state index in [2.05, 4.69) is 5.32 Å². The maximum absolute atomic E-state index is 11.1. The van der Waals surface area contributed by atoms with Crippen molar-refractivity contribution in [3.8, 4) is 0 Å². The standard InChI is InChI=1S/C10H12ClNO2S/c11-15(13,14)9-4-1-3-8(7-9)10-5-2-6-12-10/h1,3-4,7,10,12H,2,5-6H2. The van der Waals surface area contributed by atoms with Gasteiger partial charge < -0.3 is 5.32 Å². The first-order valence-corrected chi connectivity index (χ1v) is 7.16. The first-order valence-electron chi connectivity index (χ1n) is 4.85. The third-order valence-electron chi connectivity index (χ3n) is 2.60. The minimum atomic E-state index is -3.61. The van der Waals surface area contributed by atoms with Crippen LogP contribution in [0.25, 0.3) is 0 Å². The van der Waals surface area contributed by atoms with Crippen molar-refractivity contribution in [3.05, 3.63) is 29.8 Å². The Hall–Kier alpha value is -0.580. The highest BCUT2D eigenvalue weighted by Crippen LogP contribution is 2.25. The lowest BCUT2D eigenvalue weighted by Crippen LogP contribution is -2.13. The first kappa shape index (κ1) is 10.9. The summed E-state index contributed by atoms with van der Waals surface area (Å²) in [5, 5.41) is 3.31. The molecule has 0 aliphatic carbocycles. The highest BCUT2D eigenvalue weighted by Gasteiger charge is 2.18. The number of rotatable bonds is 2. The molecule has 1 atom stereocenters. The zero-order valence-electron chi connectivity index (χ0n) is 8.11. The monoisotopic (exact) mass is 245 g/mol. The third kappa shape index (κ3) is 2.51. The summed E-state index contributed by atoms with van der Waals surface area (Å²) < 4.78 is 22.3. The van der Waals surface area contributed by atoms with Gasteiger partial charge >= 0.3 is 0 Å². The molecule has 1 aliphatic rings. The van der Waals surface area contributed by atoms with Gasteiger partial charge in [-0.05, 0) is 37.1 Å². The topological polar surface area (TPSA) is 46.2 Å². The van der Waals surface area contributed by atoms with Gasteiger partial charge in [0, 0.05) is 16.7 Å². The minimum Gasteiger partial charge on any atom is -0.310 e. The van der Waals surface area contributed by atoms with E-state index in [9.17, 15) is 8.42 Å². The summed E-state index contributed by atoms with van der Waals surface area (Å²) in [7, 11) is 1.68. The van der Waals surface area contributed by atoms with Crippen LogP contribution in [-0.4, -0.2) is 15.0 Å². The Balaban J connectivity index is 2.34. The van der Waals surface area contributed by atoms with Crippen molar-refractivity contribution in [3.63, 3.8) is 0 Å². The van der Waals surface area contributed by atoms with Crippen molar-refractivity contribution in [1.29, 1.82) is 0 Å². The fourth-order valence-electron chi connectivity index (χ4n) is 1.85. The van der Waals surface area contributed by atoms with E-state index in [-0.39, 0.29) is 10.9 Å². The van der Waals surface area contributed by atoms with Gasteiger partial charge in [-0.1, -0.05) is 12.1 Å². The van der Waals surface area contributed by atoms with Gasteiger partial charge in [-0.25, -0.2) is 8.42 Å². The van der Waals surface area contributed by atoms with Gasteiger partial charge in [-0.3, -0.25) is 0 Å². The molecule has 0 amide bonds. The Labute approximate surface area is 93.9 Å². The molecule has 1 fully saturated rings. The molecule has 1 aromatic rings. The molecule has 2 rings (SSSR count). The largest absolute Gasteiger partial charge is 0.310 e. The van der Waals surface area contributed by atoms with Gasteiger partial charge in [0.1, 0.15) is 0 Å². The van der Waals surface area contributed by atoms with Gasteiger partial charge in [0.25, 0.3) is 9.05 Å². The summed E-state index contributed by atoms with van der Waals surface area (Å²) in [6, 6.07) is 7.08. The van der Waals surface area contributed by atoms with Crippen molar-refractivity contribution in [2.24, 2.45) is 0 Å². The Morgan fingerprint density at radius 1 is 1.40 bits per heavy atom. The second-order valence-electron chi connectivity index (χ2n) is 3.66. The van der Waals surface area contributed by atoms with E-state index in [1.165, 1.54) is 6.07 Å². The van der Waals surface area contributed by atoms with Crippen LogP contribution in [0.5, 0.6) is 0 Å². The van der Waals surface area contributed by atoms with Crippen molar-refractivity contribution in [2.45, 2.75) is 23.8 Å². The number of hydrogen-bond acceptors (Lipinski definition) is 3. The van der Waals surface area contributed by atoms with Crippen LogP contribution in [0, 0.1) is 0 Å². The number of halogens is 1. The van der Waals surface area contributed by atoms with E-state index in [4.69, 9.17) is 10.7 Å². The van der Waals surface area contributed by atoms with Gasteiger partial charge in [0.05, 0.1) is 4.90 Å². The summed E-state index contributed by atoms with van der Waals surface area (Å²) in [5.74, 6) is 0. The number of hydrogen-bond donors (Lipinski definition) is 1. The lowest BCUT2D eigenvalue weighted by Gasteiger charge is -2.10. The molecule has 0 spiro atoms. The van der Waals surface area contributed by atoms with Crippen LogP contribution in [0.4, 0.5) is 0 Å². The van der Waals surface area contributed by atoms with Crippen LogP contribution in [0.15, 0.2) is 29.2 Å². The Morgan fingerprint density at radius 3 is 2.80 bits per heavy atom. The maximum atomic E-state index is 11.1. The maximum Gasteiger partial charge on any atom is 0.261 e. The molecule has 1 aliphatic heterocycles. The molecule has 0 radical (unpaired) electrons.